The number of nitrogens with zero attached hydrogens (tertiary/aromatic N) is 3. The third kappa shape index (κ3) is 3.24. The van der Waals surface area contributed by atoms with Crippen LogP contribution >= 0.6 is 0 Å². The van der Waals surface area contributed by atoms with Crippen molar-refractivity contribution in [2.75, 3.05) is 26.2 Å². The van der Waals surface area contributed by atoms with Gasteiger partial charge in [-0.2, -0.15) is 0 Å². The lowest BCUT2D eigenvalue weighted by atomic mass is 10.1. The number of benzene rings is 1. The molecule has 0 amide bonds. The molecule has 2 heterocycles. The maximum absolute atomic E-state index is 11.0. The first-order valence-electron chi connectivity index (χ1n) is 7.84. The largest absolute Gasteiger partial charge is 0.299 e. The minimum atomic E-state index is -0.282. The molecule has 21 heavy (non-hydrogen) atoms. The summed E-state index contributed by atoms with van der Waals surface area (Å²) in [4.78, 5) is 15.8. The second-order valence-corrected chi connectivity index (χ2v) is 6.30. The molecule has 2 fully saturated rings. The van der Waals surface area contributed by atoms with E-state index in [2.05, 4.69) is 9.80 Å². The molecule has 3 rings (SSSR count). The molecule has 2 saturated heterocycles. The number of nitro groups is 1. The molecule has 0 N–H and O–H groups in total. The van der Waals surface area contributed by atoms with Crippen LogP contribution in [-0.4, -0.2) is 46.9 Å². The monoisotopic (exact) mass is 289 g/mol. The molecule has 1 atom stereocenters. The van der Waals surface area contributed by atoms with E-state index in [0.717, 1.165) is 30.8 Å². The van der Waals surface area contributed by atoms with E-state index in [1.165, 1.54) is 32.4 Å². The topological polar surface area (TPSA) is 49.6 Å². The van der Waals surface area contributed by atoms with Crippen LogP contribution in [0.5, 0.6) is 0 Å². The van der Waals surface area contributed by atoms with Crippen molar-refractivity contribution < 1.29 is 4.92 Å². The average molecular weight is 289 g/mol. The lowest BCUT2D eigenvalue weighted by Gasteiger charge is -2.23. The van der Waals surface area contributed by atoms with Crippen LogP contribution in [0, 0.1) is 17.0 Å². The molecule has 5 heteroatoms. The van der Waals surface area contributed by atoms with Crippen LogP contribution in [0.15, 0.2) is 18.2 Å². The van der Waals surface area contributed by atoms with Gasteiger partial charge in [-0.05, 0) is 44.8 Å². The highest BCUT2D eigenvalue weighted by Gasteiger charge is 2.29. The molecular weight excluding hydrogens is 266 g/mol. The van der Waals surface area contributed by atoms with Crippen molar-refractivity contribution in [3.8, 4) is 0 Å². The van der Waals surface area contributed by atoms with Gasteiger partial charge in [0, 0.05) is 37.3 Å². The summed E-state index contributed by atoms with van der Waals surface area (Å²) >= 11 is 0. The van der Waals surface area contributed by atoms with Crippen LogP contribution < -0.4 is 0 Å². The van der Waals surface area contributed by atoms with Crippen molar-refractivity contribution >= 4 is 5.69 Å². The fourth-order valence-corrected chi connectivity index (χ4v) is 3.57. The summed E-state index contributed by atoms with van der Waals surface area (Å²) in [5, 5.41) is 11.0. The summed E-state index contributed by atoms with van der Waals surface area (Å²) < 4.78 is 0. The molecule has 0 saturated carbocycles. The molecule has 0 bridgehead atoms. The van der Waals surface area contributed by atoms with Gasteiger partial charge >= 0.3 is 0 Å². The van der Waals surface area contributed by atoms with Gasteiger partial charge in [-0.1, -0.05) is 12.1 Å². The Kier molecular flexibility index (Phi) is 4.22. The van der Waals surface area contributed by atoms with Crippen molar-refractivity contribution in [3.63, 3.8) is 0 Å². The molecule has 114 valence electrons. The van der Waals surface area contributed by atoms with Crippen LogP contribution in [0.1, 0.15) is 30.4 Å². The standard InChI is InChI=1S/C16H23N3O2/c1-13-4-5-14(10-16(13)19(20)21)11-17-9-6-15(12-17)18-7-2-3-8-18/h4-5,10,15H,2-3,6-9,11-12H2,1H3. The van der Waals surface area contributed by atoms with Gasteiger partial charge in [0.05, 0.1) is 4.92 Å². The van der Waals surface area contributed by atoms with E-state index in [1.807, 2.05) is 12.1 Å². The first-order valence-corrected chi connectivity index (χ1v) is 7.84. The highest BCUT2D eigenvalue weighted by Crippen LogP contribution is 2.24. The molecular formula is C16H23N3O2. The average Bonchev–Trinajstić information content (AvgIpc) is 3.11. The lowest BCUT2D eigenvalue weighted by molar-refractivity contribution is -0.385. The molecule has 5 nitrogen and oxygen atoms in total. The van der Waals surface area contributed by atoms with E-state index in [0.29, 0.717) is 6.04 Å². The van der Waals surface area contributed by atoms with Crippen LogP contribution in [0.3, 0.4) is 0 Å². The molecule has 2 aliphatic rings. The van der Waals surface area contributed by atoms with Gasteiger partial charge in [0.1, 0.15) is 0 Å². The first kappa shape index (κ1) is 14.5. The maximum atomic E-state index is 11.0. The molecule has 2 aliphatic heterocycles. The highest BCUT2D eigenvalue weighted by molar-refractivity contribution is 5.42. The highest BCUT2D eigenvalue weighted by atomic mass is 16.6. The second-order valence-electron chi connectivity index (χ2n) is 6.30. The van der Waals surface area contributed by atoms with Gasteiger partial charge in [0.2, 0.25) is 0 Å². The zero-order chi connectivity index (χ0) is 14.8. The predicted octanol–water partition coefficient (Wildman–Crippen LogP) is 2.57. The van der Waals surface area contributed by atoms with Gasteiger partial charge in [-0.25, -0.2) is 0 Å². The van der Waals surface area contributed by atoms with E-state index in [-0.39, 0.29) is 10.6 Å². The predicted molar refractivity (Wildman–Crippen MR) is 82.3 cm³/mol. The molecule has 1 aromatic rings. The lowest BCUT2D eigenvalue weighted by Crippen LogP contribution is -2.35. The zero-order valence-electron chi connectivity index (χ0n) is 12.6. The third-order valence-electron chi connectivity index (χ3n) is 4.78. The van der Waals surface area contributed by atoms with Gasteiger partial charge in [-0.3, -0.25) is 19.9 Å². The van der Waals surface area contributed by atoms with Gasteiger partial charge < -0.3 is 0 Å². The van der Waals surface area contributed by atoms with Gasteiger partial charge in [-0.15, -0.1) is 0 Å². The first-order chi connectivity index (χ1) is 10.1. The summed E-state index contributed by atoms with van der Waals surface area (Å²) in [6, 6.07) is 6.30. The summed E-state index contributed by atoms with van der Waals surface area (Å²) in [7, 11) is 0. The Labute approximate surface area is 125 Å². The summed E-state index contributed by atoms with van der Waals surface area (Å²) in [5.41, 5.74) is 2.03. The molecule has 0 aromatic heterocycles. The van der Waals surface area contributed by atoms with Crippen molar-refractivity contribution in [3.05, 3.63) is 39.4 Å². The van der Waals surface area contributed by atoms with Crippen molar-refractivity contribution in [1.29, 1.82) is 0 Å². The van der Waals surface area contributed by atoms with Crippen LogP contribution in [0.25, 0.3) is 0 Å². The van der Waals surface area contributed by atoms with E-state index in [1.54, 1.807) is 13.0 Å². The van der Waals surface area contributed by atoms with Crippen LogP contribution in [-0.2, 0) is 6.54 Å². The van der Waals surface area contributed by atoms with Crippen molar-refractivity contribution in [2.24, 2.45) is 0 Å². The Morgan fingerprint density at radius 3 is 2.76 bits per heavy atom. The van der Waals surface area contributed by atoms with E-state index in [9.17, 15) is 10.1 Å². The number of hydrogen-bond donors (Lipinski definition) is 0. The zero-order valence-corrected chi connectivity index (χ0v) is 12.6. The van der Waals surface area contributed by atoms with E-state index >= 15 is 0 Å². The Hall–Kier alpha value is -1.46. The summed E-state index contributed by atoms with van der Waals surface area (Å²) in [6.07, 6.45) is 3.90. The Morgan fingerprint density at radius 1 is 1.29 bits per heavy atom. The Bertz CT molecular complexity index is 526. The SMILES string of the molecule is Cc1ccc(CN2CCC(N3CCCC3)C2)cc1[N+](=O)[O-]. The third-order valence-corrected chi connectivity index (χ3v) is 4.78. The number of hydrogen-bond acceptors (Lipinski definition) is 4. The maximum Gasteiger partial charge on any atom is 0.272 e. The Morgan fingerprint density at radius 2 is 2.05 bits per heavy atom. The number of rotatable bonds is 4. The fourth-order valence-electron chi connectivity index (χ4n) is 3.57. The quantitative estimate of drug-likeness (QED) is 0.631. The summed E-state index contributed by atoms with van der Waals surface area (Å²) in [6.45, 7) is 7.31. The van der Waals surface area contributed by atoms with Crippen LogP contribution in [0.4, 0.5) is 5.69 Å². The number of aryl methyl sites for hydroxylation is 1. The summed E-state index contributed by atoms with van der Waals surface area (Å²) in [5.74, 6) is 0. The minimum Gasteiger partial charge on any atom is -0.299 e. The van der Waals surface area contributed by atoms with E-state index in [4.69, 9.17) is 0 Å². The molecule has 1 unspecified atom stereocenters. The molecule has 1 aromatic carbocycles. The van der Waals surface area contributed by atoms with E-state index < -0.39 is 0 Å². The van der Waals surface area contributed by atoms with Crippen LogP contribution in [0.2, 0.25) is 0 Å². The second kappa shape index (κ2) is 6.12. The smallest absolute Gasteiger partial charge is 0.272 e. The molecule has 0 aliphatic carbocycles. The van der Waals surface area contributed by atoms with Gasteiger partial charge in [0.25, 0.3) is 5.69 Å². The normalized spacial score (nSPS) is 23.8. The number of nitro benzene ring substituents is 1. The molecule has 0 radical (unpaired) electrons. The van der Waals surface area contributed by atoms with Crippen molar-refractivity contribution in [2.45, 2.75) is 38.8 Å². The Balaban J connectivity index is 1.62. The molecule has 0 spiro atoms. The number of likely N-dealkylation sites (tertiary alicyclic amines) is 2. The minimum absolute atomic E-state index is 0.239. The van der Waals surface area contributed by atoms with Crippen molar-refractivity contribution in [1.82, 2.24) is 9.80 Å². The van der Waals surface area contributed by atoms with Gasteiger partial charge in [0.15, 0.2) is 0 Å². The fraction of sp³-hybridized carbons (Fsp3) is 0.625.